The Morgan fingerprint density at radius 1 is 0.483 bits per heavy atom. The van der Waals surface area contributed by atoms with Gasteiger partial charge in [-0.05, 0) is 29.8 Å². The van der Waals surface area contributed by atoms with Crippen molar-refractivity contribution in [2.75, 3.05) is 11.1 Å². The highest BCUT2D eigenvalue weighted by atomic mass is 16.3. The molecule has 0 saturated heterocycles. The number of rotatable bonds is 20. The van der Waals surface area contributed by atoms with Crippen LogP contribution in [0, 0.1) is 0 Å². The Balaban J connectivity index is 2.38. The van der Waals surface area contributed by atoms with E-state index in [1.165, 1.54) is 48.5 Å². The molecule has 30 heteroatoms. The van der Waals surface area contributed by atoms with E-state index in [-0.39, 0.29) is 5.56 Å². The zero-order valence-corrected chi connectivity index (χ0v) is 31.2. The number of aliphatic hydroxyl groups excluding tert-OH is 1. The summed E-state index contributed by atoms with van der Waals surface area (Å²) >= 11 is 0. The normalized spacial score (nSPS) is 13.8. The quantitative estimate of drug-likeness (QED) is 0.0255. The average Bonchev–Trinajstić information content (AvgIpc) is 3.15. The Morgan fingerprint density at radius 3 is 1.22 bits per heavy atom. The SMILES string of the molecule is NC(=O)C(N)NC(=O)C(N=C(N)N)NC(=O)C(N=C(N)N)NC(=O)C(N=C(N)N)NC(=O)C(N=C(N)N)NC(=O)C(NC(=O)C(O)Nc1ccc(N)cc1)c1ccccc1. The number of nitrogens with two attached hydrogens (primary N) is 11. The molecule has 7 atom stereocenters. The summed E-state index contributed by atoms with van der Waals surface area (Å²) < 4.78 is 0. The van der Waals surface area contributed by atoms with E-state index >= 15 is 0 Å². The van der Waals surface area contributed by atoms with Crippen LogP contribution in [0.3, 0.4) is 0 Å². The number of guanidine groups is 4. The first-order valence-corrected chi connectivity index (χ1v) is 16.6. The minimum atomic E-state index is -2.18. The van der Waals surface area contributed by atoms with E-state index in [1.54, 1.807) is 6.07 Å². The molecule has 2 aromatic rings. The largest absolute Gasteiger partial charge is 0.399 e. The second-order valence-electron chi connectivity index (χ2n) is 11.8. The van der Waals surface area contributed by atoms with Crippen molar-refractivity contribution in [2.45, 2.75) is 43.1 Å². The van der Waals surface area contributed by atoms with Crippen LogP contribution < -0.4 is 100 Å². The molecule has 0 heterocycles. The molecule has 324 valence electrons. The Morgan fingerprint density at radius 2 is 0.850 bits per heavy atom. The molecule has 30 nitrogen and oxygen atoms in total. The molecule has 2 aromatic carbocycles. The third kappa shape index (κ3) is 15.8. The zero-order chi connectivity index (χ0) is 45.3. The van der Waals surface area contributed by atoms with Crippen molar-refractivity contribution in [2.24, 2.45) is 77.3 Å². The number of nitrogens with zero attached hydrogens (tertiary/aromatic N) is 4. The first-order valence-electron chi connectivity index (χ1n) is 16.6. The second-order valence-corrected chi connectivity index (χ2v) is 11.8. The molecule has 7 unspecified atom stereocenters. The van der Waals surface area contributed by atoms with Crippen molar-refractivity contribution in [1.82, 2.24) is 31.9 Å². The number of aliphatic imine (C=N–C) groups is 4. The number of benzene rings is 2. The topological polar surface area (TPSA) is 560 Å². The van der Waals surface area contributed by atoms with Crippen LogP contribution in [0.25, 0.3) is 0 Å². The summed E-state index contributed by atoms with van der Waals surface area (Å²) in [4.78, 5) is 105. The van der Waals surface area contributed by atoms with Crippen molar-refractivity contribution >= 4 is 76.6 Å². The number of aliphatic hydroxyl groups is 1. The predicted octanol–water partition coefficient (Wildman–Crippen LogP) is -10.4. The fraction of sp³-hybridized carbons (Fsp3) is 0.233. The van der Waals surface area contributed by atoms with E-state index in [1.807, 2.05) is 21.3 Å². The van der Waals surface area contributed by atoms with Gasteiger partial charge in [0.1, 0.15) is 6.04 Å². The van der Waals surface area contributed by atoms with Gasteiger partial charge in [0.25, 0.3) is 35.4 Å². The number of nitrogen functional groups attached to an aromatic ring is 1. The Kier molecular flexibility index (Phi) is 17.5. The molecule has 30 N–H and O–H groups in total. The summed E-state index contributed by atoms with van der Waals surface area (Å²) in [5.74, 6) is -12.0. The van der Waals surface area contributed by atoms with Gasteiger partial charge in [0, 0.05) is 11.4 Å². The third-order valence-corrected chi connectivity index (χ3v) is 6.97. The van der Waals surface area contributed by atoms with Gasteiger partial charge < -0.3 is 105 Å². The molecule has 0 radical (unpaired) electrons. The van der Waals surface area contributed by atoms with Gasteiger partial charge in [-0.2, -0.15) is 0 Å². The van der Waals surface area contributed by atoms with Crippen molar-refractivity contribution < 1.29 is 38.7 Å². The highest BCUT2D eigenvalue weighted by Gasteiger charge is 2.34. The number of amides is 7. The second kappa shape index (κ2) is 22.2. The molecular weight excluding hydrogens is 796 g/mol. The summed E-state index contributed by atoms with van der Waals surface area (Å²) in [6.07, 6.45) is -12.1. The molecule has 0 spiro atoms. The van der Waals surface area contributed by atoms with Crippen molar-refractivity contribution in [1.29, 1.82) is 0 Å². The molecule has 2 rings (SSSR count). The maximum atomic E-state index is 13.7. The van der Waals surface area contributed by atoms with Crippen LogP contribution in [0.5, 0.6) is 0 Å². The van der Waals surface area contributed by atoms with Gasteiger partial charge in [-0.1, -0.05) is 30.3 Å². The van der Waals surface area contributed by atoms with E-state index in [2.05, 4.69) is 35.9 Å². The Hall–Kier alpha value is -8.67. The third-order valence-electron chi connectivity index (χ3n) is 6.97. The van der Waals surface area contributed by atoms with Gasteiger partial charge in [-0.25, -0.2) is 20.0 Å². The first kappa shape index (κ1) is 47.5. The van der Waals surface area contributed by atoms with Crippen LogP contribution in [0.4, 0.5) is 11.4 Å². The highest BCUT2D eigenvalue weighted by molar-refractivity contribution is 5.99. The first-order chi connectivity index (χ1) is 28.1. The Bertz CT molecular complexity index is 1990. The number of primary amides is 1. The van der Waals surface area contributed by atoms with Crippen molar-refractivity contribution in [3.8, 4) is 0 Å². The summed E-state index contributed by atoms with van der Waals surface area (Å²) in [7, 11) is 0. The molecule has 7 amide bonds. The maximum absolute atomic E-state index is 13.7. The van der Waals surface area contributed by atoms with E-state index in [0.29, 0.717) is 11.4 Å². The van der Waals surface area contributed by atoms with Crippen molar-refractivity contribution in [3.05, 3.63) is 60.2 Å². The van der Waals surface area contributed by atoms with Crippen LogP contribution >= 0.6 is 0 Å². The highest BCUT2D eigenvalue weighted by Crippen LogP contribution is 2.15. The fourth-order valence-corrected chi connectivity index (χ4v) is 4.35. The van der Waals surface area contributed by atoms with Crippen LogP contribution in [-0.4, -0.2) is 107 Å². The van der Waals surface area contributed by atoms with Gasteiger partial charge in [-0.3, -0.25) is 33.6 Å². The molecule has 60 heavy (non-hydrogen) atoms. The summed E-state index contributed by atoms with van der Waals surface area (Å²) in [6, 6.07) is 11.9. The van der Waals surface area contributed by atoms with Crippen LogP contribution in [0.15, 0.2) is 74.6 Å². The number of anilines is 2. The van der Waals surface area contributed by atoms with Gasteiger partial charge in [0.05, 0.1) is 0 Å². The minimum absolute atomic E-state index is 0.156. The van der Waals surface area contributed by atoms with E-state index in [0.717, 1.165) is 0 Å². The van der Waals surface area contributed by atoms with E-state index < -0.39 is 108 Å². The molecule has 0 saturated carbocycles. The summed E-state index contributed by atoms with van der Waals surface area (Å²) in [6.45, 7) is 0. The lowest BCUT2D eigenvalue weighted by molar-refractivity contribution is -0.135. The predicted molar refractivity (Wildman–Crippen MR) is 214 cm³/mol. The molecule has 0 aliphatic rings. The molecule has 0 aromatic heterocycles. The number of hydrogen-bond donors (Lipinski definition) is 19. The average molecular weight is 843 g/mol. The van der Waals surface area contributed by atoms with Gasteiger partial charge in [-0.15, -0.1) is 0 Å². The standard InChI is InChI=1S/C30H46N22O8/c31-11-6-8-12(9-7-11)42-25(59)26(60)43-13(10-4-2-1-3-5-10)20(54)45-17(50-28(36)37)22(56)47-19(52-30(40)41)24(58)48-18(51-29(38)39)23(57)46-16(49-27(34)35)21(55)44-14(32)15(33)53/h1-9,13-14,16-19,25,42,59H,31-32H2,(H2,33,53)(H,43,60)(H,44,55)(H,45,54)(H,46,57)(H,47,56)(H,48,58)(H4,34,35,49)(H4,36,37,50)(H4,38,39,51)(H4,40,41,52). The lowest BCUT2D eigenvalue weighted by Gasteiger charge is -2.24. The van der Waals surface area contributed by atoms with Crippen LogP contribution in [0.1, 0.15) is 11.6 Å². The summed E-state index contributed by atoms with van der Waals surface area (Å²) in [5, 5.41) is 25.6. The van der Waals surface area contributed by atoms with Gasteiger partial charge in [0.2, 0.25) is 36.8 Å². The fourth-order valence-electron chi connectivity index (χ4n) is 4.35. The molecule has 0 fully saturated rings. The smallest absolute Gasteiger partial charge is 0.270 e. The lowest BCUT2D eigenvalue weighted by Crippen LogP contribution is -2.60. The number of carbonyl (C=O) groups is 7. The monoisotopic (exact) mass is 842 g/mol. The Labute approximate surface area is 338 Å². The van der Waals surface area contributed by atoms with E-state index in [9.17, 15) is 38.7 Å². The van der Waals surface area contributed by atoms with Gasteiger partial charge in [0.15, 0.2) is 30.0 Å². The number of hydrogen-bond acceptors (Lipinski definition) is 15. The zero-order valence-electron chi connectivity index (χ0n) is 31.2. The van der Waals surface area contributed by atoms with Gasteiger partial charge >= 0.3 is 0 Å². The number of carbonyl (C=O) groups excluding carboxylic acids is 7. The van der Waals surface area contributed by atoms with Crippen LogP contribution in [0.2, 0.25) is 0 Å². The van der Waals surface area contributed by atoms with Crippen LogP contribution in [-0.2, 0) is 33.6 Å². The van der Waals surface area contributed by atoms with E-state index in [4.69, 9.17) is 63.1 Å². The lowest BCUT2D eigenvalue weighted by atomic mass is 10.1. The molecule has 0 bridgehead atoms. The maximum Gasteiger partial charge on any atom is 0.270 e. The minimum Gasteiger partial charge on any atom is -0.399 e. The molecule has 0 aliphatic heterocycles. The molecule has 0 aliphatic carbocycles. The molecular formula is C30H46N22O8. The number of nitrogens with one attached hydrogen (secondary N) is 7. The summed E-state index contributed by atoms with van der Waals surface area (Å²) in [5.41, 5.74) is 60.4. The van der Waals surface area contributed by atoms with Crippen molar-refractivity contribution in [3.63, 3.8) is 0 Å².